The molecule has 0 aliphatic carbocycles. The largest absolute Gasteiger partial charge is 0.493 e. The second-order valence-electron chi connectivity index (χ2n) is 8.95. The van der Waals surface area contributed by atoms with E-state index >= 15 is 0 Å². The molecule has 2 atom stereocenters. The molecule has 1 rings (SSSR count). The number of hydrogen-bond acceptors (Lipinski definition) is 4. The Morgan fingerprint density at radius 2 is 1.78 bits per heavy atom. The van der Waals surface area contributed by atoms with Gasteiger partial charge in [-0.2, -0.15) is 0 Å². The van der Waals surface area contributed by atoms with E-state index in [4.69, 9.17) is 14.2 Å². The van der Waals surface area contributed by atoms with Crippen LogP contribution in [-0.4, -0.2) is 52.3 Å². The molecule has 1 aromatic rings. The normalized spacial score (nSPS) is 13.2. The summed E-state index contributed by atoms with van der Waals surface area (Å²) < 4.78 is 16.5. The van der Waals surface area contributed by atoms with Crippen LogP contribution in [0.25, 0.3) is 0 Å². The fourth-order valence-corrected chi connectivity index (χ4v) is 3.58. The number of amides is 1. The summed E-state index contributed by atoms with van der Waals surface area (Å²) in [4.78, 5) is 14.1. The number of benzene rings is 1. The third kappa shape index (κ3) is 9.47. The first-order valence-electron chi connectivity index (χ1n) is 11.5. The molecule has 0 spiro atoms. The molecular formula is C27H43NO4. The predicted octanol–water partition coefficient (Wildman–Crippen LogP) is 5.54. The monoisotopic (exact) mass is 445 g/mol. The van der Waals surface area contributed by atoms with Gasteiger partial charge >= 0.3 is 0 Å². The van der Waals surface area contributed by atoms with E-state index in [9.17, 15) is 4.79 Å². The Morgan fingerprint density at radius 1 is 1.09 bits per heavy atom. The minimum absolute atomic E-state index is 0.0175. The zero-order valence-electron chi connectivity index (χ0n) is 21.1. The van der Waals surface area contributed by atoms with Gasteiger partial charge in [0.2, 0.25) is 5.91 Å². The Hall–Kier alpha value is -2.27. The van der Waals surface area contributed by atoms with Crippen molar-refractivity contribution in [2.45, 2.75) is 46.5 Å². The summed E-state index contributed by atoms with van der Waals surface area (Å²) >= 11 is 0. The number of ether oxygens (including phenoxy) is 3. The average molecular weight is 446 g/mol. The van der Waals surface area contributed by atoms with Crippen molar-refractivity contribution in [1.82, 2.24) is 4.90 Å². The van der Waals surface area contributed by atoms with E-state index in [1.165, 1.54) is 5.56 Å². The predicted molar refractivity (Wildman–Crippen MR) is 132 cm³/mol. The van der Waals surface area contributed by atoms with Crippen molar-refractivity contribution >= 4 is 5.91 Å². The number of carbonyl (C=O) groups excluding carboxylic acids is 1. The molecule has 0 fully saturated rings. The molecule has 2 unspecified atom stereocenters. The molecule has 0 heterocycles. The maximum absolute atomic E-state index is 12.4. The lowest BCUT2D eigenvalue weighted by atomic mass is 9.88. The lowest BCUT2D eigenvalue weighted by molar-refractivity contribution is -0.134. The molecule has 180 valence electrons. The van der Waals surface area contributed by atoms with Crippen LogP contribution in [-0.2, 0) is 16.0 Å². The third-order valence-electron chi connectivity index (χ3n) is 5.70. The molecule has 0 aliphatic heterocycles. The van der Waals surface area contributed by atoms with E-state index in [-0.39, 0.29) is 11.8 Å². The first-order chi connectivity index (χ1) is 15.2. The molecule has 1 aromatic carbocycles. The van der Waals surface area contributed by atoms with Gasteiger partial charge in [-0.05, 0) is 55.7 Å². The van der Waals surface area contributed by atoms with Crippen molar-refractivity contribution in [3.8, 4) is 11.5 Å². The molecular weight excluding hydrogens is 402 g/mol. The minimum Gasteiger partial charge on any atom is -0.493 e. The summed E-state index contributed by atoms with van der Waals surface area (Å²) in [5.74, 6) is 2.35. The Kier molecular flexibility index (Phi) is 12.8. The number of allylic oxidation sites excluding steroid dienone is 3. The van der Waals surface area contributed by atoms with E-state index in [1.54, 1.807) is 19.1 Å². The van der Waals surface area contributed by atoms with Crippen LogP contribution in [0.15, 0.2) is 42.5 Å². The maximum Gasteiger partial charge on any atom is 0.225 e. The lowest BCUT2D eigenvalue weighted by Crippen LogP contribution is -2.32. The van der Waals surface area contributed by atoms with Gasteiger partial charge in [-0.25, -0.2) is 0 Å². The van der Waals surface area contributed by atoms with Crippen LogP contribution in [0.5, 0.6) is 11.5 Å². The van der Waals surface area contributed by atoms with Crippen molar-refractivity contribution in [2.75, 3.05) is 41.5 Å². The smallest absolute Gasteiger partial charge is 0.225 e. The first kappa shape index (κ1) is 27.8. The quantitative estimate of drug-likeness (QED) is 0.263. The van der Waals surface area contributed by atoms with Crippen LogP contribution in [0, 0.1) is 17.8 Å². The number of methoxy groups -OCH3 is 2. The molecule has 5 nitrogen and oxygen atoms in total. The van der Waals surface area contributed by atoms with Crippen LogP contribution in [0.2, 0.25) is 0 Å². The molecule has 0 bridgehead atoms. The third-order valence-corrected chi connectivity index (χ3v) is 5.70. The summed E-state index contributed by atoms with van der Waals surface area (Å²) in [5.41, 5.74) is 2.34. The van der Waals surface area contributed by atoms with Crippen molar-refractivity contribution in [3.63, 3.8) is 0 Å². The Bertz CT molecular complexity index is 739. The van der Waals surface area contributed by atoms with Gasteiger partial charge in [0.15, 0.2) is 11.5 Å². The summed E-state index contributed by atoms with van der Waals surface area (Å²) in [6.07, 6.45) is 7.72. The van der Waals surface area contributed by atoms with Crippen molar-refractivity contribution in [3.05, 3.63) is 48.1 Å². The average Bonchev–Trinajstić information content (AvgIpc) is 2.75. The number of nitrogens with zero attached hydrogens (tertiary/aromatic N) is 1. The molecule has 0 aromatic heterocycles. The molecule has 32 heavy (non-hydrogen) atoms. The molecule has 0 saturated heterocycles. The summed E-state index contributed by atoms with van der Waals surface area (Å²) in [6, 6.07) is 6.12. The number of rotatable bonds is 15. The topological polar surface area (TPSA) is 48.0 Å². The van der Waals surface area contributed by atoms with Crippen LogP contribution in [0.1, 0.15) is 45.6 Å². The summed E-state index contributed by atoms with van der Waals surface area (Å²) in [7, 11) is 6.99. The highest BCUT2D eigenvalue weighted by molar-refractivity contribution is 5.78. The summed E-state index contributed by atoms with van der Waals surface area (Å²) in [6.45, 7) is 11.8. The van der Waals surface area contributed by atoms with Gasteiger partial charge in [0.05, 0.1) is 13.7 Å². The van der Waals surface area contributed by atoms with Crippen molar-refractivity contribution < 1.29 is 19.0 Å². The second-order valence-corrected chi connectivity index (χ2v) is 8.95. The Labute approximate surface area is 195 Å². The highest BCUT2D eigenvalue weighted by Crippen LogP contribution is 2.30. The molecule has 0 N–H and O–H groups in total. The van der Waals surface area contributed by atoms with E-state index in [0.29, 0.717) is 25.0 Å². The van der Waals surface area contributed by atoms with Crippen LogP contribution in [0.3, 0.4) is 0 Å². The van der Waals surface area contributed by atoms with E-state index in [0.717, 1.165) is 42.8 Å². The molecule has 0 aliphatic rings. The van der Waals surface area contributed by atoms with Crippen LogP contribution in [0.4, 0.5) is 0 Å². The highest BCUT2D eigenvalue weighted by Gasteiger charge is 2.22. The van der Waals surface area contributed by atoms with Gasteiger partial charge < -0.3 is 19.1 Å². The molecule has 5 heteroatoms. The highest BCUT2D eigenvalue weighted by atomic mass is 16.5. The summed E-state index contributed by atoms with van der Waals surface area (Å²) in [5, 5.41) is 0. The van der Waals surface area contributed by atoms with Gasteiger partial charge in [0.25, 0.3) is 0 Å². The van der Waals surface area contributed by atoms with E-state index in [2.05, 4.69) is 51.6 Å². The van der Waals surface area contributed by atoms with Crippen molar-refractivity contribution in [1.29, 1.82) is 0 Å². The standard InChI is InChI=1S/C27H43NO4/c1-20(2)23(12-9-10-13-24(21(3)4)27(29)28(5)6)18-22-14-15-25(31-8)26(19-22)32-17-11-16-30-7/h9-10,14-15,19,21,23-24H,1,11-13,16-18H2,2-8H3. The second kappa shape index (κ2) is 14.7. The number of hydrogen-bond donors (Lipinski definition) is 0. The van der Waals surface area contributed by atoms with Gasteiger partial charge in [0, 0.05) is 40.2 Å². The van der Waals surface area contributed by atoms with Gasteiger partial charge in [-0.15, -0.1) is 0 Å². The van der Waals surface area contributed by atoms with Gasteiger partial charge in [0.1, 0.15) is 0 Å². The van der Waals surface area contributed by atoms with Gasteiger partial charge in [-0.1, -0.05) is 44.2 Å². The minimum atomic E-state index is 0.0175. The number of carbonyl (C=O) groups is 1. The van der Waals surface area contributed by atoms with Crippen molar-refractivity contribution in [2.24, 2.45) is 17.8 Å². The zero-order chi connectivity index (χ0) is 24.1. The van der Waals surface area contributed by atoms with E-state index < -0.39 is 0 Å². The molecule has 0 radical (unpaired) electrons. The zero-order valence-corrected chi connectivity index (χ0v) is 21.1. The fraction of sp³-hybridized carbons (Fsp3) is 0.593. The SMILES string of the molecule is C=C(C)C(CC=CCC(C(=O)N(C)C)C(C)C)Cc1ccc(OC)c(OCCCOC)c1. The van der Waals surface area contributed by atoms with Crippen LogP contribution < -0.4 is 9.47 Å². The fourth-order valence-electron chi connectivity index (χ4n) is 3.58. The maximum atomic E-state index is 12.4. The van der Waals surface area contributed by atoms with Crippen LogP contribution >= 0.6 is 0 Å². The first-order valence-corrected chi connectivity index (χ1v) is 11.5. The van der Waals surface area contributed by atoms with E-state index in [1.807, 2.05) is 20.2 Å². The lowest BCUT2D eigenvalue weighted by Gasteiger charge is -2.22. The Morgan fingerprint density at radius 3 is 2.34 bits per heavy atom. The Balaban J connectivity index is 2.79. The molecule has 1 amide bonds. The molecule has 0 saturated carbocycles. The van der Waals surface area contributed by atoms with Gasteiger partial charge in [-0.3, -0.25) is 4.79 Å².